The van der Waals surface area contributed by atoms with Gasteiger partial charge in [-0.3, -0.25) is 18.9 Å². The number of halogens is 3. The van der Waals surface area contributed by atoms with Crippen LogP contribution in [0.2, 0.25) is 0 Å². The number of nitrogens with one attached hydrogen (secondary N) is 1. The first-order valence-corrected chi connectivity index (χ1v) is 10.7. The number of aromatic nitrogens is 1. The summed E-state index contributed by atoms with van der Waals surface area (Å²) in [6.45, 7) is 0.591. The van der Waals surface area contributed by atoms with Crippen molar-refractivity contribution in [3.05, 3.63) is 58.9 Å². The van der Waals surface area contributed by atoms with Crippen molar-refractivity contribution in [1.29, 1.82) is 0 Å². The smallest absolute Gasteiger partial charge is 0.394 e. The van der Waals surface area contributed by atoms with Crippen LogP contribution < -0.4 is 5.32 Å². The van der Waals surface area contributed by atoms with Gasteiger partial charge in [0.2, 0.25) is 0 Å². The molecule has 0 saturated heterocycles. The molecule has 1 amide bonds. The van der Waals surface area contributed by atoms with Crippen LogP contribution in [0.25, 0.3) is 0 Å². The van der Waals surface area contributed by atoms with Crippen molar-refractivity contribution >= 4 is 16.7 Å². The lowest BCUT2D eigenvalue weighted by molar-refractivity contribution is -0.147. The highest BCUT2D eigenvalue weighted by Gasteiger charge is 2.34. The molecule has 162 valence electrons. The van der Waals surface area contributed by atoms with Crippen LogP contribution in [0.4, 0.5) is 13.2 Å². The number of hydrogen-bond acceptors (Lipinski definition) is 5. The molecule has 2 heterocycles. The topological polar surface area (TPSA) is 82.5 Å². The summed E-state index contributed by atoms with van der Waals surface area (Å²) in [6.07, 6.45) is -2.97. The van der Waals surface area contributed by atoms with Crippen LogP contribution in [0, 0.1) is 0 Å². The van der Waals surface area contributed by atoms with E-state index in [-0.39, 0.29) is 25.3 Å². The second-order valence-corrected chi connectivity index (χ2v) is 8.74. The molecule has 2 N–H and O–H groups in total. The minimum atomic E-state index is -4.30. The molecule has 2 atom stereocenters. The summed E-state index contributed by atoms with van der Waals surface area (Å²) < 4.78 is 49.7. The van der Waals surface area contributed by atoms with Crippen LogP contribution in [-0.4, -0.2) is 50.2 Å². The summed E-state index contributed by atoms with van der Waals surface area (Å²) in [6, 6.07) is 7.62. The maximum atomic E-state index is 12.6. The van der Waals surface area contributed by atoms with Gasteiger partial charge in [0.1, 0.15) is 0 Å². The second kappa shape index (κ2) is 9.23. The Kier molecular flexibility index (Phi) is 6.89. The van der Waals surface area contributed by atoms with Gasteiger partial charge in [0.15, 0.2) is 0 Å². The summed E-state index contributed by atoms with van der Waals surface area (Å²) in [4.78, 5) is 18.6. The zero-order valence-corrected chi connectivity index (χ0v) is 17.1. The van der Waals surface area contributed by atoms with Gasteiger partial charge in [-0.1, -0.05) is 19.1 Å². The summed E-state index contributed by atoms with van der Waals surface area (Å²) >= 11 is 0. The van der Waals surface area contributed by atoms with Crippen molar-refractivity contribution in [1.82, 2.24) is 15.2 Å². The van der Waals surface area contributed by atoms with Gasteiger partial charge in [-0.15, -0.1) is 0 Å². The lowest BCUT2D eigenvalue weighted by Crippen LogP contribution is -2.31. The first kappa shape index (κ1) is 22.4. The van der Waals surface area contributed by atoms with Crippen LogP contribution in [0.3, 0.4) is 0 Å². The molecule has 1 aliphatic heterocycles. The van der Waals surface area contributed by atoms with Crippen molar-refractivity contribution in [2.24, 2.45) is 0 Å². The standard InChI is InChI=1S/C20H22F3N3O3S/c1-2-30(29)16-5-3-13(4-6-16)18(11-27)25-19(28)14-7-15-9-26(12-20(21,22)23)10-17(15)24-8-14/h3-8,18,27H,2,9-12H2,1H3,(H,25,28). The number of fused-ring (bicyclic) bond motifs is 1. The Hall–Kier alpha value is -2.30. The van der Waals surface area contributed by atoms with E-state index in [0.29, 0.717) is 27.5 Å². The number of carbonyl (C=O) groups is 1. The Morgan fingerprint density at radius 3 is 2.60 bits per heavy atom. The van der Waals surface area contributed by atoms with E-state index in [4.69, 9.17) is 0 Å². The highest BCUT2D eigenvalue weighted by atomic mass is 32.2. The first-order valence-electron chi connectivity index (χ1n) is 9.37. The second-order valence-electron chi connectivity index (χ2n) is 7.00. The molecule has 0 spiro atoms. The van der Waals surface area contributed by atoms with Gasteiger partial charge < -0.3 is 10.4 Å². The normalized spacial score (nSPS) is 16.2. The Balaban J connectivity index is 1.68. The lowest BCUT2D eigenvalue weighted by atomic mass is 10.1. The van der Waals surface area contributed by atoms with Crippen LogP contribution in [0.5, 0.6) is 0 Å². The highest BCUT2D eigenvalue weighted by Crippen LogP contribution is 2.26. The average Bonchev–Trinajstić information content (AvgIpc) is 3.10. The quantitative estimate of drug-likeness (QED) is 0.690. The van der Waals surface area contributed by atoms with Gasteiger partial charge in [0.25, 0.3) is 5.91 Å². The predicted molar refractivity (Wildman–Crippen MR) is 105 cm³/mol. The van der Waals surface area contributed by atoms with E-state index < -0.39 is 35.5 Å². The Bertz CT molecular complexity index is 935. The van der Waals surface area contributed by atoms with Crippen LogP contribution in [0.1, 0.15) is 40.1 Å². The van der Waals surface area contributed by atoms with Crippen molar-refractivity contribution in [3.8, 4) is 0 Å². The molecule has 0 saturated carbocycles. The minimum absolute atomic E-state index is 0.0718. The molecule has 3 rings (SSSR count). The number of alkyl halides is 3. The van der Waals surface area contributed by atoms with E-state index in [2.05, 4.69) is 10.3 Å². The summed E-state index contributed by atoms with van der Waals surface area (Å²) in [5.74, 6) is 0.00504. The van der Waals surface area contributed by atoms with Gasteiger partial charge in [0, 0.05) is 29.9 Å². The van der Waals surface area contributed by atoms with E-state index in [0.717, 1.165) is 0 Å². The number of benzene rings is 1. The monoisotopic (exact) mass is 441 g/mol. The SMILES string of the molecule is CCS(=O)c1ccc(C(CO)NC(=O)c2cnc3c(c2)CN(CC(F)(F)F)C3)cc1. The fraction of sp³-hybridized carbons (Fsp3) is 0.400. The lowest BCUT2D eigenvalue weighted by Gasteiger charge is -2.17. The number of pyridine rings is 1. The maximum Gasteiger partial charge on any atom is 0.401 e. The molecule has 1 aromatic carbocycles. The first-order chi connectivity index (χ1) is 14.2. The molecule has 1 aliphatic rings. The van der Waals surface area contributed by atoms with E-state index >= 15 is 0 Å². The number of aliphatic hydroxyl groups excluding tert-OH is 1. The molecule has 1 aromatic heterocycles. The Labute approximate surface area is 174 Å². The number of amides is 1. The van der Waals surface area contributed by atoms with Crippen molar-refractivity contribution in [2.75, 3.05) is 18.9 Å². The molecule has 30 heavy (non-hydrogen) atoms. The fourth-order valence-electron chi connectivity index (χ4n) is 3.31. The van der Waals surface area contributed by atoms with Crippen molar-refractivity contribution in [2.45, 2.75) is 37.1 Å². The molecule has 2 aromatic rings. The highest BCUT2D eigenvalue weighted by molar-refractivity contribution is 7.85. The average molecular weight is 441 g/mol. The third kappa shape index (κ3) is 5.44. The number of aliphatic hydroxyl groups is 1. The van der Waals surface area contributed by atoms with Crippen LogP contribution in [-0.2, 0) is 23.9 Å². The molecule has 10 heteroatoms. The predicted octanol–water partition coefficient (Wildman–Crippen LogP) is 2.55. The zero-order valence-electron chi connectivity index (χ0n) is 16.3. The maximum absolute atomic E-state index is 12.6. The Morgan fingerprint density at radius 2 is 2.00 bits per heavy atom. The van der Waals surface area contributed by atoms with Crippen LogP contribution in [0.15, 0.2) is 41.4 Å². The van der Waals surface area contributed by atoms with Gasteiger partial charge >= 0.3 is 6.18 Å². The van der Waals surface area contributed by atoms with Gasteiger partial charge in [-0.25, -0.2) is 0 Å². The molecule has 0 fully saturated rings. The summed E-state index contributed by atoms with van der Waals surface area (Å²) in [7, 11) is -1.10. The van der Waals surface area contributed by atoms with Gasteiger partial charge in [-0.05, 0) is 29.3 Å². The molecule has 2 unspecified atom stereocenters. The molecule has 0 bridgehead atoms. The number of rotatable bonds is 7. The third-order valence-corrected chi connectivity index (χ3v) is 6.11. The molecule has 6 nitrogen and oxygen atoms in total. The number of hydrogen-bond donors (Lipinski definition) is 2. The van der Waals surface area contributed by atoms with Crippen molar-refractivity contribution < 1.29 is 27.3 Å². The molecular formula is C20H22F3N3O3S. The summed E-state index contributed by atoms with van der Waals surface area (Å²) in [5.41, 5.74) is 1.96. The molecule has 0 radical (unpaired) electrons. The van der Waals surface area contributed by atoms with E-state index in [9.17, 15) is 27.3 Å². The molecule has 0 aliphatic carbocycles. The van der Waals surface area contributed by atoms with E-state index in [1.165, 1.54) is 17.2 Å². The number of nitrogens with zero attached hydrogens (tertiary/aromatic N) is 2. The Morgan fingerprint density at radius 1 is 1.30 bits per heavy atom. The van der Waals surface area contributed by atoms with E-state index in [1.807, 2.05) is 6.92 Å². The molecular weight excluding hydrogens is 419 g/mol. The van der Waals surface area contributed by atoms with Gasteiger partial charge in [-0.2, -0.15) is 13.2 Å². The largest absolute Gasteiger partial charge is 0.401 e. The van der Waals surface area contributed by atoms with Crippen molar-refractivity contribution in [3.63, 3.8) is 0 Å². The van der Waals surface area contributed by atoms with E-state index in [1.54, 1.807) is 24.3 Å². The van der Waals surface area contributed by atoms with Crippen LogP contribution >= 0.6 is 0 Å². The minimum Gasteiger partial charge on any atom is -0.394 e. The van der Waals surface area contributed by atoms with Gasteiger partial charge in [0.05, 0.1) is 41.3 Å². The number of carbonyl (C=O) groups excluding carboxylic acids is 1. The summed E-state index contributed by atoms with van der Waals surface area (Å²) in [5, 5.41) is 12.4. The zero-order chi connectivity index (χ0) is 21.9. The fourth-order valence-corrected chi connectivity index (χ4v) is 4.08. The third-order valence-electron chi connectivity index (χ3n) is 4.79.